The highest BCUT2D eigenvalue weighted by Gasteiger charge is 2.29. The van der Waals surface area contributed by atoms with Crippen molar-refractivity contribution >= 4 is 17.2 Å². The van der Waals surface area contributed by atoms with Crippen molar-refractivity contribution in [3.63, 3.8) is 0 Å². The van der Waals surface area contributed by atoms with Crippen molar-refractivity contribution in [1.82, 2.24) is 10.3 Å². The number of carbonyl (C=O) groups is 1. The SMILES string of the molecule is O=C(NCCOc1ccccc1)C1CCCC(c2nccs2)C1. The Morgan fingerprint density at radius 3 is 2.96 bits per heavy atom. The Balaban J connectivity index is 1.41. The fraction of sp³-hybridized carbons (Fsp3) is 0.444. The van der Waals surface area contributed by atoms with Gasteiger partial charge in [0.25, 0.3) is 0 Å². The molecule has 1 aromatic heterocycles. The van der Waals surface area contributed by atoms with E-state index in [1.165, 1.54) is 5.01 Å². The molecule has 0 aliphatic heterocycles. The molecule has 0 saturated heterocycles. The van der Waals surface area contributed by atoms with Crippen molar-refractivity contribution in [2.24, 2.45) is 5.92 Å². The number of aromatic nitrogens is 1. The van der Waals surface area contributed by atoms with Gasteiger partial charge in [0.05, 0.1) is 11.6 Å². The average Bonchev–Trinajstić information content (AvgIpc) is 3.14. The molecule has 2 unspecified atom stereocenters. The quantitative estimate of drug-likeness (QED) is 0.823. The van der Waals surface area contributed by atoms with Gasteiger partial charge >= 0.3 is 0 Å². The summed E-state index contributed by atoms with van der Waals surface area (Å²) in [6, 6.07) is 9.67. The van der Waals surface area contributed by atoms with E-state index in [1.807, 2.05) is 41.9 Å². The number of nitrogens with one attached hydrogen (secondary N) is 1. The molecule has 5 heteroatoms. The van der Waals surface area contributed by atoms with Crippen molar-refractivity contribution in [3.05, 3.63) is 46.9 Å². The lowest BCUT2D eigenvalue weighted by Crippen LogP contribution is -2.35. The van der Waals surface area contributed by atoms with E-state index in [9.17, 15) is 4.79 Å². The molecule has 1 aliphatic rings. The summed E-state index contributed by atoms with van der Waals surface area (Å²) in [5.74, 6) is 1.54. The summed E-state index contributed by atoms with van der Waals surface area (Å²) >= 11 is 1.70. The summed E-state index contributed by atoms with van der Waals surface area (Å²) in [5.41, 5.74) is 0. The third-order valence-electron chi connectivity index (χ3n) is 4.26. The van der Waals surface area contributed by atoms with Crippen molar-refractivity contribution in [2.75, 3.05) is 13.2 Å². The molecule has 122 valence electrons. The summed E-state index contributed by atoms with van der Waals surface area (Å²) in [5, 5.41) is 6.20. The number of rotatable bonds is 6. The molecular formula is C18H22N2O2S. The Hall–Kier alpha value is -1.88. The molecule has 2 aromatic rings. The zero-order valence-electron chi connectivity index (χ0n) is 13.1. The Labute approximate surface area is 140 Å². The highest BCUT2D eigenvalue weighted by molar-refractivity contribution is 7.09. The minimum absolute atomic E-state index is 0.106. The first-order valence-corrected chi connectivity index (χ1v) is 9.06. The number of thiazole rings is 1. The van der Waals surface area contributed by atoms with Gasteiger partial charge in [0.15, 0.2) is 0 Å². The van der Waals surface area contributed by atoms with Crippen LogP contribution in [-0.4, -0.2) is 24.0 Å². The Morgan fingerprint density at radius 2 is 2.17 bits per heavy atom. The van der Waals surface area contributed by atoms with E-state index in [0.29, 0.717) is 19.1 Å². The summed E-state index contributed by atoms with van der Waals surface area (Å²) in [6.07, 6.45) is 5.99. The zero-order valence-corrected chi connectivity index (χ0v) is 13.9. The number of ether oxygens (including phenoxy) is 1. The standard InChI is InChI=1S/C18H22N2O2S/c21-17(19-9-11-22-16-7-2-1-3-8-16)14-5-4-6-15(13-14)18-20-10-12-23-18/h1-3,7-8,10,12,14-15H,4-6,9,11,13H2,(H,19,21). The van der Waals surface area contributed by atoms with Crippen LogP contribution >= 0.6 is 11.3 Å². The van der Waals surface area contributed by atoms with E-state index in [0.717, 1.165) is 31.4 Å². The molecule has 1 heterocycles. The second-order valence-electron chi connectivity index (χ2n) is 5.88. The third kappa shape index (κ3) is 4.55. The zero-order chi connectivity index (χ0) is 15.9. The highest BCUT2D eigenvalue weighted by atomic mass is 32.1. The molecule has 2 atom stereocenters. The first kappa shape index (κ1) is 16.0. The average molecular weight is 330 g/mol. The molecule has 1 saturated carbocycles. The van der Waals surface area contributed by atoms with Gasteiger partial charge in [-0.25, -0.2) is 4.98 Å². The predicted molar refractivity (Wildman–Crippen MR) is 91.8 cm³/mol. The molecule has 1 amide bonds. The topological polar surface area (TPSA) is 51.2 Å². The number of amides is 1. The molecule has 4 nitrogen and oxygen atoms in total. The van der Waals surface area contributed by atoms with Gasteiger partial charge < -0.3 is 10.1 Å². The number of nitrogens with zero attached hydrogens (tertiary/aromatic N) is 1. The number of para-hydroxylation sites is 1. The second-order valence-corrected chi connectivity index (χ2v) is 6.81. The van der Waals surface area contributed by atoms with Gasteiger partial charge in [-0.2, -0.15) is 0 Å². The van der Waals surface area contributed by atoms with E-state index in [2.05, 4.69) is 10.3 Å². The van der Waals surface area contributed by atoms with Crippen molar-refractivity contribution in [2.45, 2.75) is 31.6 Å². The van der Waals surface area contributed by atoms with E-state index in [4.69, 9.17) is 4.74 Å². The lowest BCUT2D eigenvalue weighted by atomic mass is 9.81. The lowest BCUT2D eigenvalue weighted by molar-refractivity contribution is -0.126. The van der Waals surface area contributed by atoms with Gasteiger partial charge in [0, 0.05) is 23.4 Å². The van der Waals surface area contributed by atoms with Crippen LogP contribution in [-0.2, 0) is 4.79 Å². The molecule has 1 aliphatic carbocycles. The fourth-order valence-corrected chi connectivity index (χ4v) is 3.88. The van der Waals surface area contributed by atoms with Gasteiger partial charge in [0.2, 0.25) is 5.91 Å². The first-order valence-electron chi connectivity index (χ1n) is 8.18. The normalized spacial score (nSPS) is 20.9. The van der Waals surface area contributed by atoms with Crippen LogP contribution < -0.4 is 10.1 Å². The van der Waals surface area contributed by atoms with Crippen LogP contribution in [0.3, 0.4) is 0 Å². The third-order valence-corrected chi connectivity index (χ3v) is 5.20. The molecule has 0 spiro atoms. The van der Waals surface area contributed by atoms with Crippen molar-refractivity contribution in [3.8, 4) is 5.75 Å². The van der Waals surface area contributed by atoms with Crippen LogP contribution in [0.2, 0.25) is 0 Å². The van der Waals surface area contributed by atoms with Crippen LogP contribution in [0.1, 0.15) is 36.6 Å². The number of hydrogen-bond donors (Lipinski definition) is 1. The Kier molecular flexibility index (Phi) is 5.64. The van der Waals surface area contributed by atoms with Crippen LogP contribution in [0.4, 0.5) is 0 Å². The first-order chi connectivity index (χ1) is 11.3. The minimum Gasteiger partial charge on any atom is -0.492 e. The monoisotopic (exact) mass is 330 g/mol. The maximum Gasteiger partial charge on any atom is 0.223 e. The fourth-order valence-electron chi connectivity index (χ4n) is 3.09. The summed E-state index contributed by atoms with van der Waals surface area (Å²) in [7, 11) is 0. The Bertz CT molecular complexity index is 601. The van der Waals surface area contributed by atoms with Crippen LogP contribution in [0.15, 0.2) is 41.9 Å². The molecule has 3 rings (SSSR count). The lowest BCUT2D eigenvalue weighted by Gasteiger charge is -2.27. The second kappa shape index (κ2) is 8.11. The highest BCUT2D eigenvalue weighted by Crippen LogP contribution is 2.36. The largest absolute Gasteiger partial charge is 0.492 e. The summed E-state index contributed by atoms with van der Waals surface area (Å²) < 4.78 is 5.60. The Morgan fingerprint density at radius 1 is 1.30 bits per heavy atom. The number of benzene rings is 1. The minimum atomic E-state index is 0.106. The molecule has 23 heavy (non-hydrogen) atoms. The van der Waals surface area contributed by atoms with Gasteiger partial charge in [-0.05, 0) is 31.4 Å². The van der Waals surface area contributed by atoms with Crippen molar-refractivity contribution in [1.29, 1.82) is 0 Å². The van der Waals surface area contributed by atoms with E-state index >= 15 is 0 Å². The molecule has 1 fully saturated rings. The molecular weight excluding hydrogens is 308 g/mol. The van der Waals surface area contributed by atoms with Gasteiger partial charge in [-0.15, -0.1) is 11.3 Å². The molecule has 0 radical (unpaired) electrons. The van der Waals surface area contributed by atoms with Gasteiger partial charge in [0.1, 0.15) is 12.4 Å². The summed E-state index contributed by atoms with van der Waals surface area (Å²) in [4.78, 5) is 16.8. The maximum absolute atomic E-state index is 12.3. The molecule has 1 N–H and O–H groups in total. The molecule has 0 bridgehead atoms. The van der Waals surface area contributed by atoms with E-state index < -0.39 is 0 Å². The van der Waals surface area contributed by atoms with E-state index in [1.54, 1.807) is 11.3 Å². The predicted octanol–water partition coefficient (Wildman–Crippen LogP) is 3.61. The van der Waals surface area contributed by atoms with E-state index in [-0.39, 0.29) is 11.8 Å². The van der Waals surface area contributed by atoms with Gasteiger partial charge in [-0.1, -0.05) is 24.6 Å². The summed E-state index contributed by atoms with van der Waals surface area (Å²) in [6.45, 7) is 1.05. The van der Waals surface area contributed by atoms with Crippen LogP contribution in [0.25, 0.3) is 0 Å². The number of hydrogen-bond acceptors (Lipinski definition) is 4. The van der Waals surface area contributed by atoms with Crippen molar-refractivity contribution < 1.29 is 9.53 Å². The number of carbonyl (C=O) groups excluding carboxylic acids is 1. The van der Waals surface area contributed by atoms with Crippen LogP contribution in [0.5, 0.6) is 5.75 Å². The molecule has 1 aromatic carbocycles. The smallest absolute Gasteiger partial charge is 0.223 e. The van der Waals surface area contributed by atoms with Crippen LogP contribution in [0, 0.1) is 5.92 Å². The van der Waals surface area contributed by atoms with Gasteiger partial charge in [-0.3, -0.25) is 4.79 Å². The maximum atomic E-state index is 12.3.